The zero-order chi connectivity index (χ0) is 9.84. The number of urea groups is 1. The summed E-state index contributed by atoms with van der Waals surface area (Å²) in [6.45, 7) is 3.96. The number of nitrogens with one attached hydrogen (secondary N) is 1. The smallest absolute Gasteiger partial charge is 0.317 e. The van der Waals surface area contributed by atoms with Gasteiger partial charge >= 0.3 is 6.03 Å². The van der Waals surface area contributed by atoms with Crippen molar-refractivity contribution in [1.82, 2.24) is 10.2 Å². The molecule has 1 rings (SSSR count). The lowest BCUT2D eigenvalue weighted by Crippen LogP contribution is -2.45. The molecule has 0 aromatic carbocycles. The van der Waals surface area contributed by atoms with E-state index in [1.165, 1.54) is 5.75 Å². The third-order valence-corrected chi connectivity index (χ3v) is 3.33. The van der Waals surface area contributed by atoms with Crippen molar-refractivity contribution in [2.24, 2.45) is 0 Å². The molecule has 0 bridgehead atoms. The maximum atomic E-state index is 11.5. The van der Waals surface area contributed by atoms with Gasteiger partial charge in [-0.1, -0.05) is 0 Å². The van der Waals surface area contributed by atoms with E-state index in [1.54, 1.807) is 0 Å². The Kier molecular flexibility index (Phi) is 3.90. The number of amides is 2. The second-order valence-electron chi connectivity index (χ2n) is 3.73. The second kappa shape index (κ2) is 4.74. The van der Waals surface area contributed by atoms with E-state index in [0.717, 1.165) is 12.2 Å². The number of thioether (sulfide) groups is 1. The molecule has 1 heterocycles. The summed E-state index contributed by atoms with van der Waals surface area (Å²) in [7, 11) is 1.88. The normalized spacial score (nSPS) is 22.0. The van der Waals surface area contributed by atoms with Crippen molar-refractivity contribution in [3.8, 4) is 0 Å². The predicted molar refractivity (Wildman–Crippen MR) is 57.2 cm³/mol. The van der Waals surface area contributed by atoms with E-state index in [0.29, 0.717) is 6.04 Å². The van der Waals surface area contributed by atoms with Crippen LogP contribution in [0.15, 0.2) is 0 Å². The molecular formula is C9H18N2OS. The van der Waals surface area contributed by atoms with Gasteiger partial charge in [-0.15, -0.1) is 0 Å². The number of carbonyl (C=O) groups excluding carboxylic acids is 1. The molecule has 1 unspecified atom stereocenters. The average Bonchev–Trinajstić information content (AvgIpc) is 2.53. The van der Waals surface area contributed by atoms with Crippen LogP contribution in [0.3, 0.4) is 0 Å². The van der Waals surface area contributed by atoms with E-state index in [1.807, 2.05) is 37.6 Å². The number of nitrogens with zero attached hydrogens (tertiary/aromatic N) is 1. The molecule has 13 heavy (non-hydrogen) atoms. The van der Waals surface area contributed by atoms with Gasteiger partial charge < -0.3 is 10.2 Å². The van der Waals surface area contributed by atoms with Gasteiger partial charge in [-0.25, -0.2) is 4.79 Å². The zero-order valence-corrected chi connectivity index (χ0v) is 9.36. The summed E-state index contributed by atoms with van der Waals surface area (Å²) in [5.41, 5.74) is 0. The number of hydrogen-bond donors (Lipinski definition) is 1. The Balaban J connectivity index is 2.36. The van der Waals surface area contributed by atoms with Crippen LogP contribution in [-0.2, 0) is 0 Å². The standard InChI is InChI=1S/C9H18N2OS/c1-7(2)10-9(12)11(3)8-4-5-13-6-8/h7-8H,4-6H2,1-3H3,(H,10,12). The fourth-order valence-electron chi connectivity index (χ4n) is 1.34. The van der Waals surface area contributed by atoms with Gasteiger partial charge in [0.2, 0.25) is 0 Å². The van der Waals surface area contributed by atoms with Crippen molar-refractivity contribution >= 4 is 17.8 Å². The largest absolute Gasteiger partial charge is 0.336 e. The van der Waals surface area contributed by atoms with E-state index >= 15 is 0 Å². The Morgan fingerprint density at radius 1 is 1.62 bits per heavy atom. The van der Waals surface area contributed by atoms with Crippen molar-refractivity contribution in [2.45, 2.75) is 32.4 Å². The van der Waals surface area contributed by atoms with Crippen molar-refractivity contribution < 1.29 is 4.79 Å². The van der Waals surface area contributed by atoms with E-state index in [2.05, 4.69) is 5.32 Å². The van der Waals surface area contributed by atoms with Crippen LogP contribution in [0.1, 0.15) is 20.3 Å². The van der Waals surface area contributed by atoms with Crippen molar-refractivity contribution in [1.29, 1.82) is 0 Å². The van der Waals surface area contributed by atoms with Crippen LogP contribution in [0.25, 0.3) is 0 Å². The monoisotopic (exact) mass is 202 g/mol. The average molecular weight is 202 g/mol. The van der Waals surface area contributed by atoms with Crippen LogP contribution in [0.4, 0.5) is 4.79 Å². The summed E-state index contributed by atoms with van der Waals surface area (Å²) in [5, 5.41) is 2.90. The molecule has 1 aliphatic rings. The fourth-order valence-corrected chi connectivity index (χ4v) is 2.61. The number of hydrogen-bond acceptors (Lipinski definition) is 2. The highest BCUT2D eigenvalue weighted by molar-refractivity contribution is 7.99. The third-order valence-electron chi connectivity index (χ3n) is 2.19. The Hall–Kier alpha value is -0.380. The van der Waals surface area contributed by atoms with Gasteiger partial charge in [0.1, 0.15) is 0 Å². The molecule has 0 saturated carbocycles. The zero-order valence-electron chi connectivity index (χ0n) is 8.54. The van der Waals surface area contributed by atoms with Gasteiger partial charge in [-0.05, 0) is 26.0 Å². The molecule has 1 atom stereocenters. The van der Waals surface area contributed by atoms with Crippen LogP contribution in [0.2, 0.25) is 0 Å². The predicted octanol–water partition coefficient (Wildman–Crippen LogP) is 1.54. The van der Waals surface area contributed by atoms with Gasteiger partial charge in [0.15, 0.2) is 0 Å². The first kappa shape index (κ1) is 10.7. The maximum Gasteiger partial charge on any atom is 0.317 e. The highest BCUT2D eigenvalue weighted by Gasteiger charge is 2.23. The first-order valence-electron chi connectivity index (χ1n) is 4.72. The molecule has 0 aromatic heterocycles. The van der Waals surface area contributed by atoms with E-state index < -0.39 is 0 Å². The van der Waals surface area contributed by atoms with Gasteiger partial charge in [0, 0.05) is 24.9 Å². The van der Waals surface area contributed by atoms with Gasteiger partial charge in [0.05, 0.1) is 0 Å². The minimum atomic E-state index is 0.0579. The summed E-state index contributed by atoms with van der Waals surface area (Å²) >= 11 is 1.93. The molecule has 1 N–H and O–H groups in total. The van der Waals surface area contributed by atoms with Crippen molar-refractivity contribution in [3.63, 3.8) is 0 Å². The fraction of sp³-hybridized carbons (Fsp3) is 0.889. The molecule has 0 spiro atoms. The summed E-state index contributed by atoms with van der Waals surface area (Å²) in [6, 6.07) is 0.718. The Labute approximate surface area is 84.2 Å². The minimum absolute atomic E-state index is 0.0579. The molecule has 2 amide bonds. The third kappa shape index (κ3) is 3.10. The van der Waals surface area contributed by atoms with Crippen LogP contribution < -0.4 is 5.32 Å². The molecule has 0 radical (unpaired) electrons. The summed E-state index contributed by atoms with van der Waals surface area (Å²) in [6.07, 6.45) is 1.13. The minimum Gasteiger partial charge on any atom is -0.336 e. The quantitative estimate of drug-likeness (QED) is 0.736. The van der Waals surface area contributed by atoms with E-state index in [-0.39, 0.29) is 12.1 Å². The van der Waals surface area contributed by atoms with Crippen LogP contribution in [-0.4, -0.2) is 41.6 Å². The van der Waals surface area contributed by atoms with Crippen molar-refractivity contribution in [3.05, 3.63) is 0 Å². The summed E-state index contributed by atoms with van der Waals surface area (Å²) in [4.78, 5) is 13.4. The molecule has 1 saturated heterocycles. The molecule has 0 aliphatic carbocycles. The molecule has 4 heteroatoms. The van der Waals surface area contributed by atoms with Gasteiger partial charge in [-0.2, -0.15) is 11.8 Å². The highest BCUT2D eigenvalue weighted by Crippen LogP contribution is 2.21. The molecule has 76 valence electrons. The summed E-state index contributed by atoms with van der Waals surface area (Å²) < 4.78 is 0. The molecule has 1 fully saturated rings. The first-order chi connectivity index (χ1) is 6.11. The lowest BCUT2D eigenvalue weighted by Gasteiger charge is -2.25. The Morgan fingerprint density at radius 2 is 2.31 bits per heavy atom. The molecular weight excluding hydrogens is 184 g/mol. The number of rotatable bonds is 2. The lowest BCUT2D eigenvalue weighted by molar-refractivity contribution is 0.192. The SMILES string of the molecule is CC(C)NC(=O)N(C)C1CCSC1. The maximum absolute atomic E-state index is 11.5. The summed E-state index contributed by atoms with van der Waals surface area (Å²) in [5.74, 6) is 2.27. The number of carbonyl (C=O) groups is 1. The van der Waals surface area contributed by atoms with E-state index in [4.69, 9.17) is 0 Å². The lowest BCUT2D eigenvalue weighted by atomic mass is 10.2. The Morgan fingerprint density at radius 3 is 2.77 bits per heavy atom. The van der Waals surface area contributed by atoms with Crippen LogP contribution in [0, 0.1) is 0 Å². The van der Waals surface area contributed by atoms with Crippen molar-refractivity contribution in [2.75, 3.05) is 18.6 Å². The van der Waals surface area contributed by atoms with Crippen LogP contribution >= 0.6 is 11.8 Å². The molecule has 0 aromatic rings. The van der Waals surface area contributed by atoms with E-state index in [9.17, 15) is 4.79 Å². The van der Waals surface area contributed by atoms with Crippen LogP contribution in [0.5, 0.6) is 0 Å². The topological polar surface area (TPSA) is 32.3 Å². The molecule has 1 aliphatic heterocycles. The van der Waals surface area contributed by atoms with Gasteiger partial charge in [0.25, 0.3) is 0 Å². The highest BCUT2D eigenvalue weighted by atomic mass is 32.2. The molecule has 3 nitrogen and oxygen atoms in total. The van der Waals surface area contributed by atoms with Gasteiger partial charge in [-0.3, -0.25) is 0 Å². The Bertz CT molecular complexity index is 178. The second-order valence-corrected chi connectivity index (χ2v) is 4.88. The first-order valence-corrected chi connectivity index (χ1v) is 5.88.